The van der Waals surface area contributed by atoms with E-state index in [9.17, 15) is 5.11 Å². The van der Waals surface area contributed by atoms with Crippen molar-refractivity contribution in [3.8, 4) is 0 Å². The molecule has 0 aromatic heterocycles. The van der Waals surface area contributed by atoms with Gasteiger partial charge < -0.3 is 10.4 Å². The van der Waals surface area contributed by atoms with E-state index in [1.54, 1.807) is 0 Å². The molecule has 0 fully saturated rings. The van der Waals surface area contributed by atoms with E-state index in [-0.39, 0.29) is 6.61 Å². The fourth-order valence-corrected chi connectivity index (χ4v) is 2.60. The van der Waals surface area contributed by atoms with Gasteiger partial charge in [0.2, 0.25) is 0 Å². The number of aryl methyl sites for hydroxylation is 2. The Bertz CT molecular complexity index is 594. The van der Waals surface area contributed by atoms with Crippen LogP contribution in [0.3, 0.4) is 0 Å². The fraction of sp³-hybridized carbons (Fsp3) is 0.294. The van der Waals surface area contributed by atoms with Gasteiger partial charge in [-0.1, -0.05) is 35.4 Å². The van der Waals surface area contributed by atoms with E-state index in [0.29, 0.717) is 5.02 Å². The standard InChI is InChI=1S/C17H20ClNO/c1-12-4-9-16(13(2)10-12)17(3,11-20)19-15-7-5-14(18)6-8-15/h4-10,19-20H,11H2,1-3H3. The molecule has 0 heterocycles. The summed E-state index contributed by atoms with van der Waals surface area (Å²) in [5, 5.41) is 14.0. The van der Waals surface area contributed by atoms with Gasteiger partial charge in [-0.3, -0.25) is 0 Å². The Balaban J connectivity index is 2.35. The van der Waals surface area contributed by atoms with Crippen molar-refractivity contribution < 1.29 is 5.11 Å². The molecule has 0 aliphatic carbocycles. The third-order valence-electron chi connectivity index (χ3n) is 3.56. The van der Waals surface area contributed by atoms with Crippen molar-refractivity contribution in [3.05, 3.63) is 64.2 Å². The van der Waals surface area contributed by atoms with Crippen LogP contribution in [-0.4, -0.2) is 11.7 Å². The van der Waals surface area contributed by atoms with Gasteiger partial charge in [0.15, 0.2) is 0 Å². The van der Waals surface area contributed by atoms with Crippen LogP contribution in [0.2, 0.25) is 5.02 Å². The van der Waals surface area contributed by atoms with Crippen LogP contribution < -0.4 is 5.32 Å². The monoisotopic (exact) mass is 289 g/mol. The van der Waals surface area contributed by atoms with Crippen molar-refractivity contribution >= 4 is 17.3 Å². The molecule has 0 aliphatic heterocycles. The summed E-state index contributed by atoms with van der Waals surface area (Å²) in [5.41, 5.74) is 3.90. The molecular formula is C17H20ClNO. The van der Waals surface area contributed by atoms with Gasteiger partial charge in [0, 0.05) is 10.7 Å². The number of aliphatic hydroxyl groups excluding tert-OH is 1. The highest BCUT2D eigenvalue weighted by Gasteiger charge is 2.27. The summed E-state index contributed by atoms with van der Waals surface area (Å²) in [6.45, 7) is 6.15. The lowest BCUT2D eigenvalue weighted by Gasteiger charge is -2.32. The van der Waals surface area contributed by atoms with Crippen LogP contribution >= 0.6 is 11.6 Å². The first-order valence-corrected chi connectivity index (χ1v) is 7.05. The molecule has 0 spiro atoms. The van der Waals surface area contributed by atoms with Crippen LogP contribution in [0.25, 0.3) is 0 Å². The minimum absolute atomic E-state index is 0.0134. The summed E-state index contributed by atoms with van der Waals surface area (Å²) in [5.74, 6) is 0. The molecule has 0 saturated heterocycles. The summed E-state index contributed by atoms with van der Waals surface area (Å²) < 4.78 is 0. The lowest BCUT2D eigenvalue weighted by molar-refractivity contribution is 0.223. The van der Waals surface area contributed by atoms with Gasteiger partial charge >= 0.3 is 0 Å². The maximum Gasteiger partial charge on any atom is 0.0830 e. The molecular weight excluding hydrogens is 270 g/mol. The van der Waals surface area contributed by atoms with Crippen molar-refractivity contribution in [1.29, 1.82) is 0 Å². The average molecular weight is 290 g/mol. The number of aliphatic hydroxyl groups is 1. The zero-order valence-corrected chi connectivity index (χ0v) is 12.8. The Kier molecular flexibility index (Phi) is 4.36. The van der Waals surface area contributed by atoms with Crippen LogP contribution in [0.4, 0.5) is 5.69 Å². The van der Waals surface area contributed by atoms with Gasteiger partial charge in [0.05, 0.1) is 12.1 Å². The van der Waals surface area contributed by atoms with E-state index in [4.69, 9.17) is 11.6 Å². The molecule has 0 amide bonds. The van der Waals surface area contributed by atoms with Crippen LogP contribution in [0.15, 0.2) is 42.5 Å². The molecule has 2 aromatic carbocycles. The first kappa shape index (κ1) is 14.9. The molecule has 20 heavy (non-hydrogen) atoms. The van der Waals surface area contributed by atoms with Gasteiger partial charge in [-0.25, -0.2) is 0 Å². The van der Waals surface area contributed by atoms with Crippen LogP contribution in [0, 0.1) is 13.8 Å². The number of hydrogen-bond acceptors (Lipinski definition) is 2. The van der Waals surface area contributed by atoms with Gasteiger partial charge in [0.25, 0.3) is 0 Å². The summed E-state index contributed by atoms with van der Waals surface area (Å²) in [4.78, 5) is 0. The van der Waals surface area contributed by atoms with Crippen molar-refractivity contribution in [1.82, 2.24) is 0 Å². The SMILES string of the molecule is Cc1ccc(C(C)(CO)Nc2ccc(Cl)cc2)c(C)c1. The first-order valence-electron chi connectivity index (χ1n) is 6.67. The molecule has 0 bridgehead atoms. The van der Waals surface area contributed by atoms with Crippen molar-refractivity contribution in [2.45, 2.75) is 26.3 Å². The van der Waals surface area contributed by atoms with E-state index in [1.807, 2.05) is 31.2 Å². The molecule has 1 unspecified atom stereocenters. The molecule has 2 rings (SSSR count). The highest BCUT2D eigenvalue weighted by molar-refractivity contribution is 6.30. The van der Waals surface area contributed by atoms with Crippen molar-refractivity contribution in [2.75, 3.05) is 11.9 Å². The number of nitrogens with one attached hydrogen (secondary N) is 1. The third kappa shape index (κ3) is 3.14. The molecule has 2 aromatic rings. The number of benzene rings is 2. The molecule has 2 nitrogen and oxygen atoms in total. The van der Waals surface area contributed by atoms with Crippen molar-refractivity contribution in [3.63, 3.8) is 0 Å². The first-order chi connectivity index (χ1) is 9.44. The van der Waals surface area contributed by atoms with Gasteiger partial charge in [-0.05, 0) is 56.2 Å². The van der Waals surface area contributed by atoms with E-state index in [0.717, 1.165) is 11.3 Å². The Morgan fingerprint density at radius 3 is 2.30 bits per heavy atom. The number of anilines is 1. The number of halogens is 1. The van der Waals surface area contributed by atoms with Gasteiger partial charge in [-0.2, -0.15) is 0 Å². The maximum atomic E-state index is 9.86. The van der Waals surface area contributed by atoms with E-state index >= 15 is 0 Å². The molecule has 0 aliphatic rings. The number of hydrogen-bond donors (Lipinski definition) is 2. The Labute approximate surface area is 125 Å². The summed E-state index contributed by atoms with van der Waals surface area (Å²) in [7, 11) is 0. The molecule has 0 saturated carbocycles. The predicted molar refractivity (Wildman–Crippen MR) is 85.4 cm³/mol. The molecule has 2 N–H and O–H groups in total. The van der Waals surface area contributed by atoms with Gasteiger partial charge in [0.1, 0.15) is 0 Å². The Morgan fingerprint density at radius 1 is 1.10 bits per heavy atom. The fourth-order valence-electron chi connectivity index (χ4n) is 2.48. The lowest BCUT2D eigenvalue weighted by atomic mass is 9.88. The van der Waals surface area contributed by atoms with Crippen molar-refractivity contribution in [2.24, 2.45) is 0 Å². The second-order valence-electron chi connectivity index (χ2n) is 5.44. The van der Waals surface area contributed by atoms with E-state index in [1.165, 1.54) is 11.1 Å². The smallest absolute Gasteiger partial charge is 0.0830 e. The van der Waals surface area contributed by atoms with E-state index < -0.39 is 5.54 Å². The molecule has 0 radical (unpaired) electrons. The van der Waals surface area contributed by atoms with Crippen LogP contribution in [0.5, 0.6) is 0 Å². The molecule has 3 heteroatoms. The largest absolute Gasteiger partial charge is 0.394 e. The minimum Gasteiger partial charge on any atom is -0.394 e. The zero-order chi connectivity index (χ0) is 14.8. The van der Waals surface area contributed by atoms with E-state index in [2.05, 4.69) is 37.4 Å². The normalized spacial score (nSPS) is 13.8. The highest BCUT2D eigenvalue weighted by atomic mass is 35.5. The second kappa shape index (κ2) is 5.86. The molecule has 1 atom stereocenters. The average Bonchev–Trinajstić information content (AvgIpc) is 2.41. The molecule has 106 valence electrons. The predicted octanol–water partition coefficient (Wildman–Crippen LogP) is 4.28. The van der Waals surface area contributed by atoms with Crippen LogP contribution in [0.1, 0.15) is 23.6 Å². The lowest BCUT2D eigenvalue weighted by Crippen LogP contribution is -2.36. The quantitative estimate of drug-likeness (QED) is 0.881. The summed E-state index contributed by atoms with van der Waals surface area (Å²) in [6, 6.07) is 13.8. The minimum atomic E-state index is -0.522. The Morgan fingerprint density at radius 2 is 1.75 bits per heavy atom. The maximum absolute atomic E-state index is 9.86. The van der Waals surface area contributed by atoms with Crippen LogP contribution in [-0.2, 0) is 5.54 Å². The highest BCUT2D eigenvalue weighted by Crippen LogP contribution is 2.29. The zero-order valence-electron chi connectivity index (χ0n) is 12.1. The number of rotatable bonds is 4. The topological polar surface area (TPSA) is 32.3 Å². The second-order valence-corrected chi connectivity index (χ2v) is 5.88. The summed E-state index contributed by atoms with van der Waals surface area (Å²) in [6.07, 6.45) is 0. The van der Waals surface area contributed by atoms with Gasteiger partial charge in [-0.15, -0.1) is 0 Å². The third-order valence-corrected chi connectivity index (χ3v) is 3.81. The Hall–Kier alpha value is -1.51. The summed E-state index contributed by atoms with van der Waals surface area (Å²) >= 11 is 5.90.